The molecule has 96 valence electrons. The zero-order valence-corrected chi connectivity index (χ0v) is 11.3. The van der Waals surface area contributed by atoms with E-state index in [1.807, 2.05) is 27.9 Å². The van der Waals surface area contributed by atoms with E-state index < -0.39 is 0 Å². The minimum atomic E-state index is 0.114. The Kier molecular flexibility index (Phi) is 5.37. The molecule has 17 heavy (non-hydrogen) atoms. The van der Waals surface area contributed by atoms with Crippen molar-refractivity contribution in [1.29, 1.82) is 0 Å². The van der Waals surface area contributed by atoms with E-state index in [9.17, 15) is 0 Å². The van der Waals surface area contributed by atoms with Gasteiger partial charge in [-0.25, -0.2) is 0 Å². The zero-order chi connectivity index (χ0) is 12.8. The summed E-state index contributed by atoms with van der Waals surface area (Å²) in [6.07, 6.45) is 0. The number of rotatable bonds is 6. The highest BCUT2D eigenvalue weighted by molar-refractivity contribution is 6.28. The van der Waals surface area contributed by atoms with Gasteiger partial charge in [-0.2, -0.15) is 15.0 Å². The van der Waals surface area contributed by atoms with E-state index in [1.54, 1.807) is 4.90 Å². The predicted molar refractivity (Wildman–Crippen MR) is 68.7 cm³/mol. The Morgan fingerprint density at radius 1 is 1.35 bits per heavy atom. The van der Waals surface area contributed by atoms with Crippen molar-refractivity contribution in [3.8, 4) is 0 Å². The lowest BCUT2D eigenvalue weighted by molar-refractivity contribution is 0.141. The first-order valence-corrected chi connectivity index (χ1v) is 5.84. The highest BCUT2D eigenvalue weighted by atomic mass is 35.5. The second kappa shape index (κ2) is 6.56. The van der Waals surface area contributed by atoms with E-state index in [-0.39, 0.29) is 11.3 Å². The highest BCUT2D eigenvalue weighted by Crippen LogP contribution is 2.12. The summed E-state index contributed by atoms with van der Waals surface area (Å²) < 4.78 is 5.30. The molecular formula is C10H18ClN5O. The average Bonchev–Trinajstić information content (AvgIpc) is 2.25. The number of nitrogens with one attached hydrogen (secondary N) is 1. The van der Waals surface area contributed by atoms with Crippen molar-refractivity contribution in [2.24, 2.45) is 0 Å². The van der Waals surface area contributed by atoms with Gasteiger partial charge in [-0.05, 0) is 25.4 Å². The molecule has 1 aromatic heterocycles. The molecule has 1 rings (SSSR count). The lowest BCUT2D eigenvalue weighted by atomic mass is 10.4. The summed E-state index contributed by atoms with van der Waals surface area (Å²) >= 11 is 5.82. The largest absolute Gasteiger partial charge is 0.380 e. The molecule has 0 aliphatic rings. The Balaban J connectivity index is 2.70. The molecule has 0 saturated carbocycles. The third kappa shape index (κ3) is 4.70. The van der Waals surface area contributed by atoms with Crippen LogP contribution in [0.4, 0.5) is 11.9 Å². The van der Waals surface area contributed by atoms with Crippen molar-refractivity contribution < 1.29 is 4.74 Å². The van der Waals surface area contributed by atoms with Crippen molar-refractivity contribution in [2.45, 2.75) is 19.9 Å². The third-order valence-corrected chi connectivity index (χ3v) is 2.11. The summed E-state index contributed by atoms with van der Waals surface area (Å²) in [7, 11) is 3.69. The standard InChI is InChI=1S/C10H18ClN5O/c1-5-17-6-7(2)12-9-13-8(11)14-10(15-9)16(3)4/h7H,5-6H2,1-4H3,(H,12,13,14,15). The van der Waals surface area contributed by atoms with Crippen LogP contribution in [0, 0.1) is 0 Å². The SMILES string of the molecule is CCOCC(C)Nc1nc(Cl)nc(N(C)C)n1. The van der Waals surface area contributed by atoms with Gasteiger partial charge in [0.05, 0.1) is 6.61 Å². The predicted octanol–water partition coefficient (Wildman–Crippen LogP) is 1.43. The lowest BCUT2D eigenvalue weighted by Gasteiger charge is -2.15. The molecule has 0 radical (unpaired) electrons. The molecule has 0 aliphatic heterocycles. The molecule has 7 heteroatoms. The van der Waals surface area contributed by atoms with Crippen LogP contribution < -0.4 is 10.2 Å². The topological polar surface area (TPSA) is 63.2 Å². The van der Waals surface area contributed by atoms with Crippen LogP contribution in [0.1, 0.15) is 13.8 Å². The fraction of sp³-hybridized carbons (Fsp3) is 0.700. The number of nitrogens with zero attached hydrogens (tertiary/aromatic N) is 4. The smallest absolute Gasteiger partial charge is 0.230 e. The van der Waals surface area contributed by atoms with Gasteiger partial charge in [0.2, 0.25) is 17.2 Å². The summed E-state index contributed by atoms with van der Waals surface area (Å²) in [5.74, 6) is 0.983. The van der Waals surface area contributed by atoms with E-state index >= 15 is 0 Å². The molecule has 1 unspecified atom stereocenters. The van der Waals surface area contributed by atoms with Crippen LogP contribution in [0.3, 0.4) is 0 Å². The van der Waals surface area contributed by atoms with Gasteiger partial charge in [-0.1, -0.05) is 0 Å². The van der Waals surface area contributed by atoms with E-state index in [0.717, 1.165) is 0 Å². The summed E-state index contributed by atoms with van der Waals surface area (Å²) in [6, 6.07) is 0.114. The number of anilines is 2. The summed E-state index contributed by atoms with van der Waals surface area (Å²) in [6.45, 7) is 5.23. The highest BCUT2D eigenvalue weighted by Gasteiger charge is 2.09. The molecule has 0 aliphatic carbocycles. The van der Waals surface area contributed by atoms with Crippen LogP contribution in [0.15, 0.2) is 0 Å². The Bertz CT molecular complexity index is 361. The van der Waals surface area contributed by atoms with E-state index in [1.165, 1.54) is 0 Å². The van der Waals surface area contributed by atoms with E-state index in [0.29, 0.717) is 25.1 Å². The van der Waals surface area contributed by atoms with Crippen LogP contribution >= 0.6 is 11.6 Å². The summed E-state index contributed by atoms with van der Waals surface area (Å²) in [5.41, 5.74) is 0. The Morgan fingerprint density at radius 3 is 2.65 bits per heavy atom. The second-order valence-electron chi connectivity index (χ2n) is 3.83. The quantitative estimate of drug-likeness (QED) is 0.834. The Labute approximate surface area is 106 Å². The first-order valence-electron chi connectivity index (χ1n) is 5.46. The van der Waals surface area contributed by atoms with E-state index in [2.05, 4.69) is 20.3 Å². The van der Waals surface area contributed by atoms with Gasteiger partial charge in [0.1, 0.15) is 0 Å². The molecule has 1 heterocycles. The molecule has 0 aromatic carbocycles. The molecular weight excluding hydrogens is 242 g/mol. The fourth-order valence-electron chi connectivity index (χ4n) is 1.16. The van der Waals surface area contributed by atoms with Crippen LogP contribution in [0.5, 0.6) is 0 Å². The molecule has 1 aromatic rings. The maximum atomic E-state index is 5.82. The summed E-state index contributed by atoms with van der Waals surface area (Å²) in [4.78, 5) is 14.0. The molecule has 0 amide bonds. The maximum absolute atomic E-state index is 5.82. The summed E-state index contributed by atoms with van der Waals surface area (Å²) in [5, 5.41) is 3.29. The number of hydrogen-bond acceptors (Lipinski definition) is 6. The normalized spacial score (nSPS) is 12.3. The van der Waals surface area contributed by atoms with Crippen LogP contribution in [0.25, 0.3) is 0 Å². The van der Waals surface area contributed by atoms with Gasteiger partial charge in [-0.15, -0.1) is 0 Å². The minimum Gasteiger partial charge on any atom is -0.380 e. The lowest BCUT2D eigenvalue weighted by Crippen LogP contribution is -2.24. The monoisotopic (exact) mass is 259 g/mol. The van der Waals surface area contributed by atoms with Crippen molar-refractivity contribution in [1.82, 2.24) is 15.0 Å². The van der Waals surface area contributed by atoms with Crippen molar-refractivity contribution in [2.75, 3.05) is 37.5 Å². The number of halogens is 1. The van der Waals surface area contributed by atoms with Crippen molar-refractivity contribution in [3.63, 3.8) is 0 Å². The van der Waals surface area contributed by atoms with Crippen LogP contribution in [-0.4, -0.2) is 48.3 Å². The zero-order valence-electron chi connectivity index (χ0n) is 10.6. The van der Waals surface area contributed by atoms with E-state index in [4.69, 9.17) is 16.3 Å². The van der Waals surface area contributed by atoms with Gasteiger partial charge in [-0.3, -0.25) is 0 Å². The first-order chi connectivity index (χ1) is 8.02. The van der Waals surface area contributed by atoms with Crippen LogP contribution in [-0.2, 0) is 4.74 Å². The third-order valence-electron chi connectivity index (χ3n) is 1.94. The molecule has 0 saturated heterocycles. The van der Waals surface area contributed by atoms with Gasteiger partial charge >= 0.3 is 0 Å². The fourth-order valence-corrected chi connectivity index (χ4v) is 1.32. The molecule has 0 fully saturated rings. The number of hydrogen-bond donors (Lipinski definition) is 1. The first kappa shape index (κ1) is 13.9. The number of aromatic nitrogens is 3. The van der Waals surface area contributed by atoms with Crippen LogP contribution in [0.2, 0.25) is 5.28 Å². The molecule has 1 atom stereocenters. The Hall–Kier alpha value is -1.14. The van der Waals surface area contributed by atoms with Gasteiger partial charge in [0.25, 0.3) is 0 Å². The minimum absolute atomic E-state index is 0.114. The van der Waals surface area contributed by atoms with Crippen molar-refractivity contribution >= 4 is 23.5 Å². The molecule has 1 N–H and O–H groups in total. The molecule has 0 spiro atoms. The van der Waals surface area contributed by atoms with Gasteiger partial charge in [0.15, 0.2) is 0 Å². The molecule has 6 nitrogen and oxygen atoms in total. The maximum Gasteiger partial charge on any atom is 0.230 e. The molecule has 0 bridgehead atoms. The second-order valence-corrected chi connectivity index (χ2v) is 4.17. The van der Waals surface area contributed by atoms with Gasteiger partial charge in [0, 0.05) is 26.7 Å². The number of ether oxygens (including phenoxy) is 1. The average molecular weight is 260 g/mol. The van der Waals surface area contributed by atoms with Crippen molar-refractivity contribution in [3.05, 3.63) is 5.28 Å². The Morgan fingerprint density at radius 2 is 2.06 bits per heavy atom. The van der Waals surface area contributed by atoms with Gasteiger partial charge < -0.3 is 15.0 Å².